The first kappa shape index (κ1) is 12.9. The van der Waals surface area contributed by atoms with Crippen molar-refractivity contribution in [2.24, 2.45) is 11.8 Å². The van der Waals surface area contributed by atoms with Gasteiger partial charge < -0.3 is 10.1 Å². The highest BCUT2D eigenvalue weighted by Crippen LogP contribution is 2.49. The summed E-state index contributed by atoms with van der Waals surface area (Å²) < 4.78 is 6.11. The molecule has 0 bridgehead atoms. The van der Waals surface area contributed by atoms with Crippen LogP contribution in [0.5, 0.6) is 0 Å². The third-order valence-electron chi connectivity index (χ3n) is 5.59. The van der Waals surface area contributed by atoms with Crippen molar-refractivity contribution >= 4 is 0 Å². The van der Waals surface area contributed by atoms with E-state index in [0.29, 0.717) is 11.1 Å². The molecule has 3 fully saturated rings. The summed E-state index contributed by atoms with van der Waals surface area (Å²) in [5.74, 6) is 1.66. The van der Waals surface area contributed by atoms with Gasteiger partial charge in [0.2, 0.25) is 0 Å². The molecule has 1 N–H and O–H groups in total. The van der Waals surface area contributed by atoms with Crippen LogP contribution in [0.25, 0.3) is 0 Å². The van der Waals surface area contributed by atoms with Gasteiger partial charge in [-0.2, -0.15) is 0 Å². The highest BCUT2D eigenvalue weighted by Gasteiger charge is 2.49. The van der Waals surface area contributed by atoms with Crippen molar-refractivity contribution in [3.05, 3.63) is 0 Å². The molecule has 0 aromatic carbocycles. The molecule has 2 heterocycles. The molecule has 1 aliphatic carbocycles. The van der Waals surface area contributed by atoms with Gasteiger partial charge in [-0.1, -0.05) is 13.8 Å². The van der Waals surface area contributed by atoms with Crippen LogP contribution in [0, 0.1) is 11.8 Å². The molecule has 2 saturated heterocycles. The summed E-state index contributed by atoms with van der Waals surface area (Å²) in [5.41, 5.74) is 0.748. The molecule has 3 aliphatic rings. The van der Waals surface area contributed by atoms with Crippen LogP contribution in [0.2, 0.25) is 0 Å². The third-order valence-corrected chi connectivity index (χ3v) is 5.59. The first-order valence-corrected chi connectivity index (χ1v) is 8.03. The lowest BCUT2D eigenvalue weighted by Crippen LogP contribution is -2.55. The van der Waals surface area contributed by atoms with Crippen LogP contribution in [0.1, 0.15) is 65.2 Å². The molecule has 0 radical (unpaired) electrons. The molecule has 1 saturated carbocycles. The van der Waals surface area contributed by atoms with E-state index in [4.69, 9.17) is 4.74 Å². The Balaban J connectivity index is 1.73. The van der Waals surface area contributed by atoms with E-state index < -0.39 is 0 Å². The second-order valence-corrected chi connectivity index (χ2v) is 7.36. The Labute approximate surface area is 112 Å². The maximum absolute atomic E-state index is 6.11. The molecule has 2 nitrogen and oxygen atoms in total. The van der Waals surface area contributed by atoms with Gasteiger partial charge >= 0.3 is 0 Å². The summed E-state index contributed by atoms with van der Waals surface area (Å²) in [7, 11) is 0. The highest BCUT2D eigenvalue weighted by atomic mass is 16.5. The normalized spacial score (nSPS) is 39.2. The van der Waals surface area contributed by atoms with Crippen molar-refractivity contribution in [1.82, 2.24) is 5.32 Å². The van der Waals surface area contributed by atoms with Crippen LogP contribution >= 0.6 is 0 Å². The lowest BCUT2D eigenvalue weighted by molar-refractivity contribution is -0.154. The van der Waals surface area contributed by atoms with Gasteiger partial charge in [-0.15, -0.1) is 0 Å². The van der Waals surface area contributed by atoms with Crippen molar-refractivity contribution in [1.29, 1.82) is 0 Å². The van der Waals surface area contributed by atoms with Crippen molar-refractivity contribution in [2.75, 3.05) is 13.2 Å². The lowest BCUT2D eigenvalue weighted by atomic mass is 9.65. The van der Waals surface area contributed by atoms with E-state index in [9.17, 15) is 0 Å². The minimum Gasteiger partial charge on any atom is -0.375 e. The Bertz CT molecular complexity index is 289. The molecular formula is C16H29NO. The van der Waals surface area contributed by atoms with Crippen LogP contribution < -0.4 is 5.32 Å². The predicted octanol–water partition coefficient (Wildman–Crippen LogP) is 3.50. The van der Waals surface area contributed by atoms with E-state index >= 15 is 0 Å². The Kier molecular flexibility index (Phi) is 3.44. The van der Waals surface area contributed by atoms with Crippen LogP contribution in [-0.2, 0) is 4.74 Å². The van der Waals surface area contributed by atoms with Gasteiger partial charge in [0, 0.05) is 12.1 Å². The van der Waals surface area contributed by atoms with Crippen LogP contribution in [0.15, 0.2) is 0 Å². The summed E-state index contributed by atoms with van der Waals surface area (Å²) in [6.07, 6.45) is 10.8. The van der Waals surface area contributed by atoms with Crippen LogP contribution in [-0.4, -0.2) is 24.3 Å². The molecule has 1 spiro atoms. The standard InChI is InChI=1S/C16H29NO/c1-13(2)11-16(8-4-9-17-16)14-5-10-18-15(12-14)6-3-7-15/h13-14,17H,3-12H2,1-2H3. The summed E-state index contributed by atoms with van der Waals surface area (Å²) in [6, 6.07) is 0. The van der Waals surface area contributed by atoms with E-state index in [1.54, 1.807) is 0 Å². The maximum atomic E-state index is 6.11. The topological polar surface area (TPSA) is 21.3 Å². The second-order valence-electron chi connectivity index (χ2n) is 7.36. The Hall–Kier alpha value is -0.0800. The monoisotopic (exact) mass is 251 g/mol. The van der Waals surface area contributed by atoms with Gasteiger partial charge in [0.25, 0.3) is 0 Å². The van der Waals surface area contributed by atoms with Crippen molar-refractivity contribution in [3.8, 4) is 0 Å². The van der Waals surface area contributed by atoms with E-state index in [-0.39, 0.29) is 0 Å². The molecule has 2 aliphatic heterocycles. The van der Waals surface area contributed by atoms with Crippen molar-refractivity contribution in [2.45, 2.75) is 76.4 Å². The minimum absolute atomic E-state index is 0.303. The Morgan fingerprint density at radius 3 is 2.61 bits per heavy atom. The summed E-state index contributed by atoms with van der Waals surface area (Å²) in [4.78, 5) is 0. The fourth-order valence-electron chi connectivity index (χ4n) is 4.67. The Morgan fingerprint density at radius 1 is 1.22 bits per heavy atom. The summed E-state index contributed by atoms with van der Waals surface area (Å²) >= 11 is 0. The molecule has 104 valence electrons. The van der Waals surface area contributed by atoms with Gasteiger partial charge in [-0.3, -0.25) is 0 Å². The minimum atomic E-state index is 0.303. The average Bonchev–Trinajstić information content (AvgIpc) is 2.76. The zero-order valence-electron chi connectivity index (χ0n) is 12.1. The number of nitrogens with one attached hydrogen (secondary N) is 1. The summed E-state index contributed by atoms with van der Waals surface area (Å²) in [5, 5.41) is 3.90. The molecule has 18 heavy (non-hydrogen) atoms. The molecule has 2 unspecified atom stereocenters. The zero-order valence-corrected chi connectivity index (χ0v) is 12.1. The van der Waals surface area contributed by atoms with E-state index in [1.807, 2.05) is 0 Å². The van der Waals surface area contributed by atoms with E-state index in [0.717, 1.165) is 18.4 Å². The van der Waals surface area contributed by atoms with Crippen molar-refractivity contribution < 1.29 is 4.74 Å². The first-order chi connectivity index (χ1) is 8.64. The fourth-order valence-corrected chi connectivity index (χ4v) is 4.67. The van der Waals surface area contributed by atoms with Gasteiger partial charge in [-0.05, 0) is 69.7 Å². The number of hydrogen-bond acceptors (Lipinski definition) is 2. The molecule has 2 atom stereocenters. The van der Waals surface area contributed by atoms with Crippen LogP contribution in [0.4, 0.5) is 0 Å². The van der Waals surface area contributed by atoms with Gasteiger partial charge in [0.1, 0.15) is 0 Å². The molecule has 2 heteroatoms. The zero-order chi connectivity index (χ0) is 12.6. The van der Waals surface area contributed by atoms with Gasteiger partial charge in [-0.25, -0.2) is 0 Å². The number of ether oxygens (including phenoxy) is 1. The largest absolute Gasteiger partial charge is 0.375 e. The molecular weight excluding hydrogens is 222 g/mol. The molecule has 0 aromatic rings. The van der Waals surface area contributed by atoms with Crippen LogP contribution in [0.3, 0.4) is 0 Å². The maximum Gasteiger partial charge on any atom is 0.0686 e. The smallest absolute Gasteiger partial charge is 0.0686 e. The van der Waals surface area contributed by atoms with Gasteiger partial charge in [0.05, 0.1) is 5.60 Å². The van der Waals surface area contributed by atoms with Crippen molar-refractivity contribution in [3.63, 3.8) is 0 Å². The Morgan fingerprint density at radius 2 is 2.06 bits per heavy atom. The number of hydrogen-bond donors (Lipinski definition) is 1. The van der Waals surface area contributed by atoms with Gasteiger partial charge in [0.15, 0.2) is 0 Å². The van der Waals surface area contributed by atoms with E-state index in [1.165, 1.54) is 57.9 Å². The second kappa shape index (κ2) is 4.79. The quantitative estimate of drug-likeness (QED) is 0.829. The number of rotatable bonds is 3. The molecule has 3 rings (SSSR count). The highest BCUT2D eigenvalue weighted by molar-refractivity contribution is 5.05. The van der Waals surface area contributed by atoms with E-state index in [2.05, 4.69) is 19.2 Å². The fraction of sp³-hybridized carbons (Fsp3) is 1.00. The average molecular weight is 251 g/mol. The molecule has 0 aromatic heterocycles. The summed E-state index contributed by atoms with van der Waals surface area (Å²) in [6.45, 7) is 6.99. The predicted molar refractivity (Wildman–Crippen MR) is 74.7 cm³/mol. The lowest BCUT2D eigenvalue weighted by Gasteiger charge is -2.52. The first-order valence-electron chi connectivity index (χ1n) is 8.03. The third kappa shape index (κ3) is 2.22. The SMILES string of the molecule is CC(C)CC1(C2CCOC3(CCC3)C2)CCCN1. The molecule has 0 amide bonds.